The molecule has 1 aromatic carbocycles. The van der Waals surface area contributed by atoms with Gasteiger partial charge in [-0.15, -0.1) is 0 Å². The number of carbonyl (C=O) groups is 1. The summed E-state index contributed by atoms with van der Waals surface area (Å²) in [5, 5.41) is 0. The molecule has 3 aliphatic heterocycles. The third kappa shape index (κ3) is 2.48. The van der Waals surface area contributed by atoms with Crippen LogP contribution in [0, 0.1) is 5.92 Å². The standard InChI is InChI=1S/C17H21NO4/c19-16(14-11-13-3-1-2-4-15(13)20-12-14)18-7-5-17(6-8-18)21-9-10-22-17/h1-4,14H,5-12H2. The summed E-state index contributed by atoms with van der Waals surface area (Å²) in [5.74, 6) is 0.612. The molecule has 1 amide bonds. The Morgan fingerprint density at radius 1 is 1.14 bits per heavy atom. The monoisotopic (exact) mass is 303 g/mol. The van der Waals surface area contributed by atoms with Crippen LogP contribution in [0.15, 0.2) is 24.3 Å². The van der Waals surface area contributed by atoms with Gasteiger partial charge in [0.2, 0.25) is 5.91 Å². The molecule has 1 unspecified atom stereocenters. The largest absolute Gasteiger partial charge is 0.492 e. The van der Waals surface area contributed by atoms with E-state index in [0.717, 1.165) is 30.6 Å². The second kappa shape index (κ2) is 5.56. The van der Waals surface area contributed by atoms with E-state index in [2.05, 4.69) is 0 Å². The van der Waals surface area contributed by atoms with Crippen LogP contribution in [0.3, 0.4) is 0 Å². The highest BCUT2D eigenvalue weighted by molar-refractivity contribution is 5.80. The average molecular weight is 303 g/mol. The van der Waals surface area contributed by atoms with Gasteiger partial charge in [-0.05, 0) is 18.1 Å². The van der Waals surface area contributed by atoms with Gasteiger partial charge in [0.15, 0.2) is 5.79 Å². The zero-order valence-electron chi connectivity index (χ0n) is 12.6. The summed E-state index contributed by atoms with van der Waals surface area (Å²) in [6.45, 7) is 3.22. The Labute approximate surface area is 130 Å². The molecule has 1 aromatic rings. The summed E-state index contributed by atoms with van der Waals surface area (Å²) < 4.78 is 17.2. The SMILES string of the molecule is O=C(C1COc2ccccc2C1)N1CCC2(CC1)OCCO2. The van der Waals surface area contributed by atoms with Crippen LogP contribution in [0.25, 0.3) is 0 Å². The Bertz CT molecular complexity index is 558. The number of hydrogen-bond acceptors (Lipinski definition) is 4. The zero-order valence-corrected chi connectivity index (χ0v) is 12.6. The first-order valence-corrected chi connectivity index (χ1v) is 8.03. The van der Waals surface area contributed by atoms with Crippen LogP contribution in [0.2, 0.25) is 0 Å². The van der Waals surface area contributed by atoms with E-state index in [1.54, 1.807) is 0 Å². The quantitative estimate of drug-likeness (QED) is 0.791. The molecule has 22 heavy (non-hydrogen) atoms. The van der Waals surface area contributed by atoms with Gasteiger partial charge < -0.3 is 19.1 Å². The molecule has 0 bridgehead atoms. The second-order valence-electron chi connectivity index (χ2n) is 6.25. The second-order valence-corrected chi connectivity index (χ2v) is 6.25. The van der Waals surface area contributed by atoms with E-state index in [1.807, 2.05) is 29.2 Å². The van der Waals surface area contributed by atoms with Crippen molar-refractivity contribution in [3.8, 4) is 5.75 Å². The van der Waals surface area contributed by atoms with Crippen molar-refractivity contribution < 1.29 is 19.0 Å². The van der Waals surface area contributed by atoms with Crippen molar-refractivity contribution in [2.45, 2.75) is 25.0 Å². The van der Waals surface area contributed by atoms with Gasteiger partial charge in [-0.3, -0.25) is 4.79 Å². The molecule has 5 nitrogen and oxygen atoms in total. The number of likely N-dealkylation sites (tertiary alicyclic amines) is 1. The molecule has 4 rings (SSSR count). The summed E-state index contributed by atoms with van der Waals surface area (Å²) in [6, 6.07) is 7.97. The normalized spacial score (nSPS) is 26.5. The van der Waals surface area contributed by atoms with E-state index in [0.29, 0.717) is 32.9 Å². The zero-order chi connectivity index (χ0) is 15.0. The van der Waals surface area contributed by atoms with Gasteiger partial charge in [0.1, 0.15) is 12.4 Å². The molecule has 2 fully saturated rings. The van der Waals surface area contributed by atoms with Crippen LogP contribution >= 0.6 is 0 Å². The minimum atomic E-state index is -0.424. The highest BCUT2D eigenvalue weighted by Gasteiger charge is 2.42. The van der Waals surface area contributed by atoms with Gasteiger partial charge in [-0.25, -0.2) is 0 Å². The van der Waals surface area contributed by atoms with Crippen LogP contribution < -0.4 is 4.74 Å². The first-order chi connectivity index (χ1) is 10.8. The van der Waals surface area contributed by atoms with Crippen LogP contribution in [0.1, 0.15) is 18.4 Å². The van der Waals surface area contributed by atoms with Crippen molar-refractivity contribution in [1.29, 1.82) is 0 Å². The summed E-state index contributed by atoms with van der Waals surface area (Å²) >= 11 is 0. The molecule has 2 saturated heterocycles. The molecule has 0 saturated carbocycles. The van der Waals surface area contributed by atoms with Gasteiger partial charge in [-0.1, -0.05) is 18.2 Å². The molecule has 3 aliphatic rings. The lowest BCUT2D eigenvalue weighted by Crippen LogP contribution is -2.50. The third-order valence-corrected chi connectivity index (χ3v) is 4.88. The molecular formula is C17H21NO4. The number of para-hydroxylation sites is 1. The lowest BCUT2D eigenvalue weighted by atomic mass is 9.94. The van der Waals surface area contributed by atoms with Crippen molar-refractivity contribution in [2.75, 3.05) is 32.9 Å². The number of rotatable bonds is 1. The number of piperidine rings is 1. The maximum Gasteiger partial charge on any atom is 0.229 e. The van der Waals surface area contributed by atoms with Crippen LogP contribution in [0.4, 0.5) is 0 Å². The van der Waals surface area contributed by atoms with E-state index in [-0.39, 0.29) is 11.8 Å². The van der Waals surface area contributed by atoms with Crippen LogP contribution in [-0.2, 0) is 20.7 Å². The predicted octanol–water partition coefficient (Wildman–Crippen LogP) is 1.60. The molecule has 1 spiro atoms. The minimum absolute atomic E-state index is 0.0747. The summed E-state index contributed by atoms with van der Waals surface area (Å²) in [6.07, 6.45) is 2.30. The van der Waals surface area contributed by atoms with Crippen molar-refractivity contribution in [3.63, 3.8) is 0 Å². The van der Waals surface area contributed by atoms with Crippen molar-refractivity contribution in [2.24, 2.45) is 5.92 Å². The fraction of sp³-hybridized carbons (Fsp3) is 0.588. The van der Waals surface area contributed by atoms with E-state index >= 15 is 0 Å². The van der Waals surface area contributed by atoms with Crippen molar-refractivity contribution >= 4 is 5.91 Å². The first-order valence-electron chi connectivity index (χ1n) is 8.03. The molecule has 0 N–H and O–H groups in total. The topological polar surface area (TPSA) is 48.0 Å². The molecule has 0 aliphatic carbocycles. The first kappa shape index (κ1) is 14.0. The number of benzene rings is 1. The molecule has 0 radical (unpaired) electrons. The lowest BCUT2D eigenvalue weighted by molar-refractivity contribution is -0.188. The fourth-order valence-electron chi connectivity index (χ4n) is 3.60. The van der Waals surface area contributed by atoms with Crippen molar-refractivity contribution in [3.05, 3.63) is 29.8 Å². The molecular weight excluding hydrogens is 282 g/mol. The molecule has 1 atom stereocenters. The van der Waals surface area contributed by atoms with Crippen LogP contribution in [0.5, 0.6) is 5.75 Å². The highest BCUT2D eigenvalue weighted by Crippen LogP contribution is 2.33. The Kier molecular flexibility index (Phi) is 3.54. The van der Waals surface area contributed by atoms with E-state index < -0.39 is 5.79 Å². The van der Waals surface area contributed by atoms with Gasteiger partial charge >= 0.3 is 0 Å². The smallest absolute Gasteiger partial charge is 0.229 e. The molecule has 3 heterocycles. The Morgan fingerprint density at radius 2 is 1.86 bits per heavy atom. The average Bonchev–Trinajstić information content (AvgIpc) is 3.02. The minimum Gasteiger partial charge on any atom is -0.492 e. The third-order valence-electron chi connectivity index (χ3n) is 4.88. The number of nitrogens with zero attached hydrogens (tertiary/aromatic N) is 1. The highest BCUT2D eigenvalue weighted by atomic mass is 16.7. The summed E-state index contributed by atoms with van der Waals surface area (Å²) in [7, 11) is 0. The summed E-state index contributed by atoms with van der Waals surface area (Å²) in [5.41, 5.74) is 1.13. The number of amides is 1. The van der Waals surface area contributed by atoms with Gasteiger partial charge in [0, 0.05) is 25.9 Å². The Balaban J connectivity index is 1.39. The van der Waals surface area contributed by atoms with Crippen LogP contribution in [-0.4, -0.2) is 49.5 Å². The lowest BCUT2D eigenvalue weighted by Gasteiger charge is -2.39. The summed E-state index contributed by atoms with van der Waals surface area (Å²) in [4.78, 5) is 14.7. The maximum atomic E-state index is 12.7. The maximum absolute atomic E-state index is 12.7. The van der Waals surface area contributed by atoms with Gasteiger partial charge in [-0.2, -0.15) is 0 Å². The van der Waals surface area contributed by atoms with E-state index in [9.17, 15) is 4.79 Å². The van der Waals surface area contributed by atoms with E-state index in [1.165, 1.54) is 0 Å². The Morgan fingerprint density at radius 3 is 2.64 bits per heavy atom. The molecule has 5 heteroatoms. The molecule has 118 valence electrons. The number of carbonyl (C=O) groups excluding carboxylic acids is 1. The molecule has 0 aromatic heterocycles. The van der Waals surface area contributed by atoms with E-state index in [4.69, 9.17) is 14.2 Å². The van der Waals surface area contributed by atoms with Gasteiger partial charge in [0.05, 0.1) is 19.1 Å². The van der Waals surface area contributed by atoms with Crippen molar-refractivity contribution in [1.82, 2.24) is 4.90 Å². The number of hydrogen-bond donors (Lipinski definition) is 0. The number of ether oxygens (including phenoxy) is 3. The predicted molar refractivity (Wildman–Crippen MR) is 79.6 cm³/mol. The fourth-order valence-corrected chi connectivity index (χ4v) is 3.60. The number of fused-ring (bicyclic) bond motifs is 1. The van der Waals surface area contributed by atoms with Gasteiger partial charge in [0.25, 0.3) is 0 Å². The Hall–Kier alpha value is -1.59.